The molecule has 0 aromatic heterocycles. The molecule has 0 unspecified atom stereocenters. The first-order valence-electron chi connectivity index (χ1n) is 11.8. The second-order valence-corrected chi connectivity index (χ2v) is 9.46. The number of nitrogens with one attached hydrogen (secondary N) is 2. The van der Waals surface area contributed by atoms with E-state index in [2.05, 4.69) is 30.6 Å². The third kappa shape index (κ3) is 4.87. The number of piperidine rings is 1. The van der Waals surface area contributed by atoms with Gasteiger partial charge < -0.3 is 10.6 Å². The number of fused-ring (bicyclic) bond motifs is 1. The number of benzene rings is 2. The minimum Gasteiger partial charge on any atom is -0.339 e. The van der Waals surface area contributed by atoms with Gasteiger partial charge in [0.1, 0.15) is 6.04 Å². The first-order valence-corrected chi connectivity index (χ1v) is 11.8. The monoisotopic (exact) mass is 458 g/mol. The molecular formula is C27H30N4O3. The third-order valence-corrected chi connectivity index (χ3v) is 6.80. The smallest absolute Gasteiger partial charge is 0.238 e. The van der Waals surface area contributed by atoms with Crippen LogP contribution in [0.25, 0.3) is 11.1 Å². The molecule has 34 heavy (non-hydrogen) atoms. The van der Waals surface area contributed by atoms with Crippen molar-refractivity contribution >= 4 is 23.4 Å². The van der Waals surface area contributed by atoms with E-state index in [9.17, 15) is 19.6 Å². The Hall–Kier alpha value is -3.50. The molecule has 7 nitrogen and oxygen atoms in total. The molecule has 3 amide bonds. The van der Waals surface area contributed by atoms with Gasteiger partial charge in [0.2, 0.25) is 17.7 Å². The Kier molecular flexibility index (Phi) is 6.80. The predicted octanol–water partition coefficient (Wildman–Crippen LogP) is 3.12. The van der Waals surface area contributed by atoms with Crippen LogP contribution in [0, 0.1) is 17.2 Å². The molecule has 4 atom stereocenters. The molecule has 176 valence electrons. The van der Waals surface area contributed by atoms with Gasteiger partial charge in [-0.25, -0.2) is 0 Å². The van der Waals surface area contributed by atoms with E-state index in [4.69, 9.17) is 0 Å². The standard InChI is InChI=1S/C27H30N4O3/c1-16-4-5-17(2)29-26(16)27(34)30-23(15-28)12-19-6-8-20(9-7-19)21-10-11-22-14-25(33)31(18(3)32)24(22)13-21/h6-11,13,16-17,23,26,29H,4-5,12,14H2,1-3H3,(H,30,34)/t16-,17+,23+,26+/m1/s1. The van der Waals surface area contributed by atoms with Gasteiger partial charge in [-0.05, 0) is 54.0 Å². The van der Waals surface area contributed by atoms with E-state index < -0.39 is 6.04 Å². The quantitative estimate of drug-likeness (QED) is 0.717. The molecule has 7 heteroatoms. The highest BCUT2D eigenvalue weighted by Crippen LogP contribution is 2.33. The maximum Gasteiger partial charge on any atom is 0.238 e. The second kappa shape index (κ2) is 9.78. The number of anilines is 1. The van der Waals surface area contributed by atoms with Crippen molar-refractivity contribution in [1.82, 2.24) is 10.6 Å². The highest BCUT2D eigenvalue weighted by atomic mass is 16.2. The molecule has 0 radical (unpaired) electrons. The molecule has 2 heterocycles. The van der Waals surface area contributed by atoms with Gasteiger partial charge in [0.25, 0.3) is 0 Å². The fraction of sp³-hybridized carbons (Fsp3) is 0.407. The van der Waals surface area contributed by atoms with Gasteiger partial charge in [-0.15, -0.1) is 0 Å². The molecule has 1 saturated heterocycles. The van der Waals surface area contributed by atoms with Crippen LogP contribution in [0.1, 0.15) is 44.7 Å². The summed E-state index contributed by atoms with van der Waals surface area (Å²) in [6, 6.07) is 15.1. The average Bonchev–Trinajstić information content (AvgIpc) is 3.15. The number of carbonyl (C=O) groups is 3. The highest BCUT2D eigenvalue weighted by molar-refractivity contribution is 6.18. The van der Waals surface area contributed by atoms with E-state index in [1.54, 1.807) is 0 Å². The Morgan fingerprint density at radius 2 is 1.85 bits per heavy atom. The summed E-state index contributed by atoms with van der Waals surface area (Å²) in [7, 11) is 0. The number of carbonyl (C=O) groups excluding carboxylic acids is 3. The van der Waals surface area contributed by atoms with Gasteiger partial charge in [0.05, 0.1) is 24.2 Å². The second-order valence-electron chi connectivity index (χ2n) is 9.46. The van der Waals surface area contributed by atoms with Crippen molar-refractivity contribution < 1.29 is 14.4 Å². The van der Waals surface area contributed by atoms with Crippen LogP contribution >= 0.6 is 0 Å². The van der Waals surface area contributed by atoms with Crippen LogP contribution in [-0.2, 0) is 27.2 Å². The largest absolute Gasteiger partial charge is 0.339 e. The van der Waals surface area contributed by atoms with Crippen molar-refractivity contribution in [3.05, 3.63) is 53.6 Å². The van der Waals surface area contributed by atoms with E-state index in [0.717, 1.165) is 35.1 Å². The van der Waals surface area contributed by atoms with Gasteiger partial charge in [0.15, 0.2) is 0 Å². The van der Waals surface area contributed by atoms with Gasteiger partial charge in [-0.3, -0.25) is 19.3 Å². The van der Waals surface area contributed by atoms with Crippen LogP contribution in [0.5, 0.6) is 0 Å². The van der Waals surface area contributed by atoms with Crippen molar-refractivity contribution in [3.63, 3.8) is 0 Å². The van der Waals surface area contributed by atoms with E-state index >= 15 is 0 Å². The number of nitriles is 1. The normalized spacial score (nSPS) is 22.6. The highest BCUT2D eigenvalue weighted by Gasteiger charge is 2.32. The third-order valence-electron chi connectivity index (χ3n) is 6.80. The number of imide groups is 1. The summed E-state index contributed by atoms with van der Waals surface area (Å²) in [6.07, 6.45) is 2.69. The van der Waals surface area contributed by atoms with Crippen molar-refractivity contribution in [1.29, 1.82) is 5.26 Å². The molecule has 4 rings (SSSR count). The molecule has 1 fully saturated rings. The maximum absolute atomic E-state index is 12.8. The van der Waals surface area contributed by atoms with E-state index in [1.165, 1.54) is 11.8 Å². The summed E-state index contributed by atoms with van der Waals surface area (Å²) >= 11 is 0. The van der Waals surface area contributed by atoms with Gasteiger partial charge in [-0.2, -0.15) is 5.26 Å². The number of rotatable bonds is 5. The summed E-state index contributed by atoms with van der Waals surface area (Å²) in [5.74, 6) is -0.374. The van der Waals surface area contributed by atoms with Crippen LogP contribution < -0.4 is 15.5 Å². The molecule has 0 bridgehead atoms. The summed E-state index contributed by atoms with van der Waals surface area (Å²) in [4.78, 5) is 38.1. The molecule has 2 N–H and O–H groups in total. The molecule has 2 aliphatic rings. The zero-order valence-electron chi connectivity index (χ0n) is 19.8. The topological polar surface area (TPSA) is 102 Å². The Bertz CT molecular complexity index is 1150. The minimum atomic E-state index is -0.611. The fourth-order valence-electron chi connectivity index (χ4n) is 4.85. The number of nitrogens with zero attached hydrogens (tertiary/aromatic N) is 2. The molecule has 2 aliphatic heterocycles. The first kappa shape index (κ1) is 23.7. The van der Waals surface area contributed by atoms with Gasteiger partial charge >= 0.3 is 0 Å². The predicted molar refractivity (Wildman–Crippen MR) is 130 cm³/mol. The Balaban J connectivity index is 1.44. The molecule has 0 aliphatic carbocycles. The molecule has 0 spiro atoms. The first-order chi connectivity index (χ1) is 16.3. The van der Waals surface area contributed by atoms with E-state index in [0.29, 0.717) is 18.2 Å². The van der Waals surface area contributed by atoms with Crippen LogP contribution in [0.4, 0.5) is 5.69 Å². The van der Waals surface area contributed by atoms with Crippen molar-refractivity contribution in [2.45, 2.75) is 64.6 Å². The number of hydrogen-bond donors (Lipinski definition) is 2. The van der Waals surface area contributed by atoms with Crippen molar-refractivity contribution in [2.75, 3.05) is 4.90 Å². The summed E-state index contributed by atoms with van der Waals surface area (Å²) < 4.78 is 0. The zero-order valence-corrected chi connectivity index (χ0v) is 19.8. The van der Waals surface area contributed by atoms with Crippen molar-refractivity contribution in [3.8, 4) is 17.2 Å². The molecular weight excluding hydrogens is 428 g/mol. The lowest BCUT2D eigenvalue weighted by molar-refractivity contribution is -0.126. The average molecular weight is 459 g/mol. The lowest BCUT2D eigenvalue weighted by Gasteiger charge is -2.33. The zero-order chi connectivity index (χ0) is 24.4. The Morgan fingerprint density at radius 3 is 2.53 bits per heavy atom. The van der Waals surface area contributed by atoms with Crippen LogP contribution in [-0.4, -0.2) is 35.8 Å². The lowest BCUT2D eigenvalue weighted by Crippen LogP contribution is -2.55. The van der Waals surface area contributed by atoms with Gasteiger partial charge in [0, 0.05) is 19.4 Å². The number of amides is 3. The minimum absolute atomic E-state index is 0.120. The number of hydrogen-bond acceptors (Lipinski definition) is 5. The van der Waals surface area contributed by atoms with Crippen LogP contribution in [0.15, 0.2) is 42.5 Å². The summed E-state index contributed by atoms with van der Waals surface area (Å²) in [6.45, 7) is 5.53. The van der Waals surface area contributed by atoms with E-state index in [-0.39, 0.29) is 36.1 Å². The Labute approximate surface area is 200 Å². The SMILES string of the molecule is CC(=O)N1C(=O)Cc2ccc(-c3ccc(C[C@@H](C#N)NC(=O)[C@H]4N[C@@H](C)CC[C@H]4C)cc3)cc21. The van der Waals surface area contributed by atoms with E-state index in [1.807, 2.05) is 42.5 Å². The van der Waals surface area contributed by atoms with Gasteiger partial charge in [-0.1, -0.05) is 43.3 Å². The molecule has 2 aromatic rings. The van der Waals surface area contributed by atoms with Crippen LogP contribution in [0.3, 0.4) is 0 Å². The fourth-order valence-corrected chi connectivity index (χ4v) is 4.85. The maximum atomic E-state index is 12.8. The summed E-state index contributed by atoms with van der Waals surface area (Å²) in [5, 5.41) is 15.9. The molecule has 0 saturated carbocycles. The Morgan fingerprint density at radius 1 is 1.15 bits per heavy atom. The molecule has 2 aromatic carbocycles. The summed E-state index contributed by atoms with van der Waals surface area (Å²) in [5.41, 5.74) is 4.29. The van der Waals surface area contributed by atoms with Crippen molar-refractivity contribution in [2.24, 2.45) is 5.92 Å². The van der Waals surface area contributed by atoms with Crippen LogP contribution in [0.2, 0.25) is 0 Å². The lowest BCUT2D eigenvalue weighted by atomic mass is 9.88.